The van der Waals surface area contributed by atoms with Crippen LogP contribution < -0.4 is 4.90 Å². The number of anilines is 1. The molecule has 3 heteroatoms. The highest BCUT2D eigenvalue weighted by atomic mass is 16.1. The quantitative estimate of drug-likeness (QED) is 0.774. The van der Waals surface area contributed by atoms with E-state index in [2.05, 4.69) is 9.88 Å². The number of rotatable bonds is 2. The molecule has 2 heterocycles. The van der Waals surface area contributed by atoms with E-state index < -0.39 is 0 Å². The summed E-state index contributed by atoms with van der Waals surface area (Å²) >= 11 is 0. The van der Waals surface area contributed by atoms with Crippen molar-refractivity contribution in [1.82, 2.24) is 4.98 Å². The third-order valence-corrected chi connectivity index (χ3v) is 5.92. The Morgan fingerprint density at radius 1 is 1.10 bits per heavy atom. The molecule has 20 heavy (non-hydrogen) atoms. The maximum atomic E-state index is 11.3. The second-order valence-electron chi connectivity index (χ2n) is 6.87. The number of Topliss-reactive ketones (excluding diaryl/α,β-unsaturated/α-hetero) is 1. The van der Waals surface area contributed by atoms with E-state index in [1.165, 1.54) is 38.8 Å². The lowest BCUT2D eigenvalue weighted by atomic mass is 9.60. The lowest BCUT2D eigenvalue weighted by molar-refractivity contribution is 0.0577. The molecular formula is C17H22N2O. The van der Waals surface area contributed by atoms with Crippen molar-refractivity contribution in [2.45, 2.75) is 32.6 Å². The Morgan fingerprint density at radius 2 is 1.70 bits per heavy atom. The maximum absolute atomic E-state index is 11.3. The molecule has 1 aliphatic heterocycles. The molecule has 3 aliphatic carbocycles. The molecule has 0 unspecified atom stereocenters. The molecule has 4 fully saturated rings. The van der Waals surface area contributed by atoms with Crippen molar-refractivity contribution >= 4 is 11.6 Å². The topological polar surface area (TPSA) is 33.2 Å². The summed E-state index contributed by atoms with van der Waals surface area (Å²) < 4.78 is 0. The van der Waals surface area contributed by atoms with Gasteiger partial charge in [0.1, 0.15) is 5.82 Å². The first-order valence-electron chi connectivity index (χ1n) is 7.94. The molecular weight excluding hydrogens is 248 g/mol. The van der Waals surface area contributed by atoms with Crippen molar-refractivity contribution in [3.63, 3.8) is 0 Å². The number of carbonyl (C=O) groups excluding carboxylic acids is 1. The van der Waals surface area contributed by atoms with Gasteiger partial charge in [0.2, 0.25) is 0 Å². The van der Waals surface area contributed by atoms with E-state index in [4.69, 9.17) is 0 Å². The lowest BCUT2D eigenvalue weighted by Crippen LogP contribution is -2.38. The molecule has 0 spiro atoms. The normalized spacial score (nSPS) is 35.1. The lowest BCUT2D eigenvalue weighted by Gasteiger charge is -2.44. The zero-order valence-corrected chi connectivity index (χ0v) is 12.1. The maximum Gasteiger partial charge on any atom is 0.161 e. The van der Waals surface area contributed by atoms with Gasteiger partial charge in [-0.2, -0.15) is 0 Å². The summed E-state index contributed by atoms with van der Waals surface area (Å²) in [6.45, 7) is 3.95. The van der Waals surface area contributed by atoms with Gasteiger partial charge in [0.15, 0.2) is 5.78 Å². The molecule has 1 aromatic heterocycles. The van der Waals surface area contributed by atoms with Gasteiger partial charge in [0.05, 0.1) is 0 Å². The summed E-state index contributed by atoms with van der Waals surface area (Å²) in [5.74, 6) is 4.88. The molecule has 3 saturated carbocycles. The fraction of sp³-hybridized carbons (Fsp3) is 0.647. The average Bonchev–Trinajstić information content (AvgIpc) is 2.95. The molecule has 0 amide bonds. The Kier molecular flexibility index (Phi) is 2.83. The van der Waals surface area contributed by atoms with Gasteiger partial charge >= 0.3 is 0 Å². The fourth-order valence-electron chi connectivity index (χ4n) is 4.82. The zero-order valence-electron chi connectivity index (χ0n) is 12.1. The minimum Gasteiger partial charge on any atom is -0.356 e. The van der Waals surface area contributed by atoms with Crippen LogP contribution in [0.4, 0.5) is 5.82 Å². The molecule has 0 radical (unpaired) electrons. The van der Waals surface area contributed by atoms with Gasteiger partial charge in [0.25, 0.3) is 0 Å². The highest BCUT2D eigenvalue weighted by Crippen LogP contribution is 2.52. The standard InChI is InChI=1S/C17H22N2O/c1-11(20)14-6-7-17(18-8-14)19-9-15-12-2-3-13(5-4-12)16(15)10-19/h6-8,12-13,15-16H,2-5,9-10H2,1H3/t12?,13?,15-,16+. The largest absolute Gasteiger partial charge is 0.356 e. The van der Waals surface area contributed by atoms with E-state index >= 15 is 0 Å². The van der Waals surface area contributed by atoms with Crippen molar-refractivity contribution in [1.29, 1.82) is 0 Å². The van der Waals surface area contributed by atoms with Crippen LogP contribution in [0.1, 0.15) is 43.0 Å². The molecule has 0 aromatic carbocycles. The van der Waals surface area contributed by atoms with Crippen LogP contribution in [0.15, 0.2) is 18.3 Å². The Morgan fingerprint density at radius 3 is 2.15 bits per heavy atom. The van der Waals surface area contributed by atoms with E-state index in [-0.39, 0.29) is 5.78 Å². The van der Waals surface area contributed by atoms with E-state index in [9.17, 15) is 4.79 Å². The number of aromatic nitrogens is 1. The smallest absolute Gasteiger partial charge is 0.161 e. The monoisotopic (exact) mass is 270 g/mol. The van der Waals surface area contributed by atoms with Crippen LogP contribution in [0.5, 0.6) is 0 Å². The molecule has 5 rings (SSSR count). The van der Waals surface area contributed by atoms with Crippen molar-refractivity contribution in [3.8, 4) is 0 Å². The van der Waals surface area contributed by atoms with Gasteiger partial charge in [-0.1, -0.05) is 0 Å². The molecule has 0 N–H and O–H groups in total. The Hall–Kier alpha value is -1.38. The van der Waals surface area contributed by atoms with E-state index in [1.54, 1.807) is 13.1 Å². The second-order valence-corrected chi connectivity index (χ2v) is 6.87. The first-order chi connectivity index (χ1) is 9.72. The summed E-state index contributed by atoms with van der Waals surface area (Å²) in [4.78, 5) is 18.3. The fourth-order valence-corrected chi connectivity index (χ4v) is 4.82. The number of hydrogen-bond acceptors (Lipinski definition) is 3. The minimum absolute atomic E-state index is 0.0946. The summed E-state index contributed by atoms with van der Waals surface area (Å²) in [6, 6.07) is 3.94. The summed E-state index contributed by atoms with van der Waals surface area (Å²) in [5, 5.41) is 0. The van der Waals surface area contributed by atoms with Gasteiger partial charge in [-0.05, 0) is 68.4 Å². The Bertz CT molecular complexity index is 496. The van der Waals surface area contributed by atoms with Crippen LogP contribution >= 0.6 is 0 Å². The van der Waals surface area contributed by atoms with E-state index in [0.29, 0.717) is 5.56 Å². The predicted molar refractivity (Wildman–Crippen MR) is 78.9 cm³/mol. The number of carbonyl (C=O) groups is 1. The number of nitrogens with zero attached hydrogens (tertiary/aromatic N) is 2. The molecule has 2 bridgehead atoms. The second kappa shape index (κ2) is 4.57. The van der Waals surface area contributed by atoms with Gasteiger partial charge in [-0.3, -0.25) is 4.79 Å². The molecule has 1 aromatic rings. The zero-order chi connectivity index (χ0) is 13.7. The van der Waals surface area contributed by atoms with Crippen LogP contribution in [0.25, 0.3) is 0 Å². The van der Waals surface area contributed by atoms with Gasteiger partial charge in [-0.15, -0.1) is 0 Å². The highest BCUT2D eigenvalue weighted by molar-refractivity contribution is 5.93. The van der Waals surface area contributed by atoms with Crippen LogP contribution in [0, 0.1) is 23.7 Å². The van der Waals surface area contributed by atoms with E-state index in [0.717, 1.165) is 29.5 Å². The number of hydrogen-bond donors (Lipinski definition) is 0. The highest BCUT2D eigenvalue weighted by Gasteiger charge is 2.48. The number of ketones is 1. The third kappa shape index (κ3) is 1.87. The number of fused-ring (bicyclic) bond motifs is 2. The molecule has 2 atom stereocenters. The van der Waals surface area contributed by atoms with Crippen molar-refractivity contribution in [2.75, 3.05) is 18.0 Å². The van der Waals surface area contributed by atoms with Crippen molar-refractivity contribution in [2.24, 2.45) is 23.7 Å². The number of pyridine rings is 1. The van der Waals surface area contributed by atoms with Gasteiger partial charge in [0, 0.05) is 24.8 Å². The van der Waals surface area contributed by atoms with Crippen molar-refractivity contribution in [3.05, 3.63) is 23.9 Å². The van der Waals surface area contributed by atoms with Gasteiger partial charge in [-0.25, -0.2) is 4.98 Å². The average molecular weight is 270 g/mol. The SMILES string of the molecule is CC(=O)c1ccc(N2C[C@@H]3C4CCC(CC4)[C@@H]3C2)nc1. The molecule has 4 aliphatic rings. The Labute approximate surface area is 120 Å². The first kappa shape index (κ1) is 12.4. The molecule has 1 saturated heterocycles. The summed E-state index contributed by atoms with van der Waals surface area (Å²) in [5.41, 5.74) is 0.713. The predicted octanol–water partition coefficient (Wildman–Crippen LogP) is 3.16. The van der Waals surface area contributed by atoms with Crippen LogP contribution in [-0.4, -0.2) is 23.9 Å². The molecule has 106 valence electrons. The first-order valence-corrected chi connectivity index (χ1v) is 7.94. The minimum atomic E-state index is 0.0946. The summed E-state index contributed by atoms with van der Waals surface area (Å²) in [7, 11) is 0. The van der Waals surface area contributed by atoms with Crippen LogP contribution in [0.3, 0.4) is 0 Å². The van der Waals surface area contributed by atoms with E-state index in [1.807, 2.05) is 12.1 Å². The van der Waals surface area contributed by atoms with Crippen LogP contribution in [0.2, 0.25) is 0 Å². The van der Waals surface area contributed by atoms with Gasteiger partial charge < -0.3 is 4.90 Å². The third-order valence-electron chi connectivity index (χ3n) is 5.92. The van der Waals surface area contributed by atoms with Crippen LogP contribution in [-0.2, 0) is 0 Å². The summed E-state index contributed by atoms with van der Waals surface area (Å²) in [6.07, 6.45) is 7.55. The Balaban J connectivity index is 1.54. The van der Waals surface area contributed by atoms with Crippen molar-refractivity contribution < 1.29 is 4.79 Å². The molecule has 3 nitrogen and oxygen atoms in total.